The molecule has 0 aliphatic rings. The first kappa shape index (κ1) is 56.1. The van der Waals surface area contributed by atoms with Crippen molar-refractivity contribution in [1.82, 2.24) is 0 Å². The molecule has 5 rings (SSSR count). The molecule has 0 amide bonds. The van der Waals surface area contributed by atoms with Gasteiger partial charge in [-0.15, -0.1) is 0 Å². The Morgan fingerprint density at radius 1 is 0.262 bits per heavy atom. The van der Waals surface area contributed by atoms with E-state index in [-0.39, 0.29) is 46.9 Å². The molecule has 0 saturated heterocycles. The van der Waals surface area contributed by atoms with Gasteiger partial charge in [0.25, 0.3) is 0 Å². The van der Waals surface area contributed by atoms with Crippen LogP contribution in [0, 0.1) is 0 Å². The third kappa shape index (κ3) is 21.4. The van der Waals surface area contributed by atoms with Gasteiger partial charge in [-0.1, -0.05) is 124 Å². The zero-order valence-corrected chi connectivity index (χ0v) is 38.9. The topological polar surface area (TPSA) is 286 Å². The average molecular weight is 1100 g/mol. The third-order valence-electron chi connectivity index (χ3n) is 7.02. The molecule has 0 N–H and O–H groups in total. The molecule has 0 aliphatic carbocycles. The van der Waals surface area contributed by atoms with Crippen molar-refractivity contribution >= 4 is 81.0 Å². The van der Waals surface area contributed by atoms with Gasteiger partial charge in [0.15, 0.2) is 0 Å². The minimum Gasteiger partial charge on any atom is -0.744 e. The van der Waals surface area contributed by atoms with Gasteiger partial charge in [0.05, 0.1) is 24.5 Å². The summed E-state index contributed by atoms with van der Waals surface area (Å²) >= 11 is 0. The van der Waals surface area contributed by atoms with Crippen molar-refractivity contribution in [2.75, 3.05) is 0 Å². The van der Waals surface area contributed by atoms with Gasteiger partial charge < -0.3 is 22.8 Å². The fourth-order valence-electron chi connectivity index (χ4n) is 3.85. The van der Waals surface area contributed by atoms with Gasteiger partial charge in [0.1, 0.15) is 50.6 Å². The van der Waals surface area contributed by atoms with Crippen LogP contribution >= 0.6 is 0 Å². The van der Waals surface area contributed by atoms with E-state index < -0.39 is 50.6 Å². The monoisotopic (exact) mass is 1100 g/mol. The van der Waals surface area contributed by atoms with Gasteiger partial charge in [-0.2, -0.15) is 0 Å². The molecule has 0 atom stereocenters. The van der Waals surface area contributed by atoms with E-state index in [0.717, 1.165) is 27.8 Å². The van der Waals surface area contributed by atoms with Crippen molar-refractivity contribution in [3.63, 3.8) is 0 Å². The SMILES string of the molecule is C=Cc1ccc(S(=O)(=O)[O-])cc1.C=Cc1ccc(S(=O)(=O)[O-])cc1.C=Cc1ccc(S(=O)(=O)[O-])cc1.C=Cc1ccc(S(=O)(=O)[O-])cc1.C=Cc1ccc(S(=O)(=O)[O-])cc1.[Ta+5]. The van der Waals surface area contributed by atoms with E-state index in [1.165, 1.54) is 121 Å². The van der Waals surface area contributed by atoms with Crippen LogP contribution in [0.5, 0.6) is 0 Å². The van der Waals surface area contributed by atoms with Crippen LogP contribution in [0.2, 0.25) is 0 Å². The first-order valence-electron chi connectivity index (χ1n) is 16.1. The Kier molecular flexibility index (Phi) is 23.1. The largest absolute Gasteiger partial charge is 5.00 e. The maximum absolute atomic E-state index is 10.5. The van der Waals surface area contributed by atoms with Gasteiger partial charge in [-0.25, -0.2) is 42.1 Å². The molecule has 320 valence electrons. The molecule has 0 aromatic heterocycles. The van der Waals surface area contributed by atoms with Gasteiger partial charge >= 0.3 is 22.4 Å². The number of rotatable bonds is 10. The summed E-state index contributed by atoms with van der Waals surface area (Å²) in [5, 5.41) is 0. The van der Waals surface area contributed by atoms with Crippen LogP contribution in [-0.4, -0.2) is 64.9 Å². The maximum atomic E-state index is 10.5. The fourth-order valence-corrected chi connectivity index (χ4v) is 6.20. The van der Waals surface area contributed by atoms with E-state index >= 15 is 0 Å². The minimum absolute atomic E-state index is 0. The molecule has 5 aromatic carbocycles. The van der Waals surface area contributed by atoms with Gasteiger partial charge in [-0.3, -0.25) is 0 Å². The Labute approximate surface area is 372 Å². The van der Waals surface area contributed by atoms with Gasteiger partial charge in [0, 0.05) is 0 Å². The van der Waals surface area contributed by atoms with E-state index in [0.29, 0.717) is 0 Å². The van der Waals surface area contributed by atoms with Crippen LogP contribution in [0.1, 0.15) is 27.8 Å². The van der Waals surface area contributed by atoms with Crippen molar-refractivity contribution in [2.45, 2.75) is 24.5 Å². The van der Waals surface area contributed by atoms with E-state index in [1.807, 2.05) is 0 Å². The molecule has 21 heteroatoms. The Hall–Kier alpha value is -4.91. The predicted molar refractivity (Wildman–Crippen MR) is 222 cm³/mol. The van der Waals surface area contributed by atoms with Crippen molar-refractivity contribution < 1.29 is 87.2 Å². The van der Waals surface area contributed by atoms with E-state index in [2.05, 4.69) is 32.9 Å². The Balaban J connectivity index is 0.000000735. The number of hydrogen-bond donors (Lipinski definition) is 0. The molecule has 0 radical (unpaired) electrons. The molecule has 0 unspecified atom stereocenters. The summed E-state index contributed by atoms with van der Waals surface area (Å²) in [5.41, 5.74) is 3.90. The summed E-state index contributed by atoms with van der Waals surface area (Å²) in [6.45, 7) is 17.5. The first-order valence-corrected chi connectivity index (χ1v) is 23.2. The van der Waals surface area contributed by atoms with E-state index in [9.17, 15) is 64.9 Å². The van der Waals surface area contributed by atoms with Crippen LogP contribution in [0.4, 0.5) is 0 Å². The summed E-state index contributed by atoms with van der Waals surface area (Å²) in [6.07, 6.45) is 7.85. The molecule has 61 heavy (non-hydrogen) atoms. The summed E-state index contributed by atoms with van der Waals surface area (Å²) < 4.78 is 157. The summed E-state index contributed by atoms with van der Waals surface area (Å²) in [4.78, 5) is -1.07. The minimum atomic E-state index is -4.31. The molecule has 15 nitrogen and oxygen atoms in total. The maximum Gasteiger partial charge on any atom is 5.00 e. The second-order valence-corrected chi connectivity index (χ2v) is 18.0. The molecular weight excluding hydrogens is 1060 g/mol. The quantitative estimate of drug-likeness (QED) is 0.141. The van der Waals surface area contributed by atoms with Crippen molar-refractivity contribution in [2.24, 2.45) is 0 Å². The normalized spacial score (nSPS) is 10.9. The van der Waals surface area contributed by atoms with Gasteiger partial charge in [0.2, 0.25) is 0 Å². The summed E-state index contributed by atoms with van der Waals surface area (Å²) in [7, 11) is -21.6. The molecule has 0 heterocycles. The molecular formula is C40H35O15S5Ta. The molecule has 0 saturated carbocycles. The third-order valence-corrected chi connectivity index (χ3v) is 11.3. The smallest absolute Gasteiger partial charge is 0.744 e. The van der Waals surface area contributed by atoms with Crippen LogP contribution in [-0.2, 0) is 73.0 Å². The molecule has 0 fully saturated rings. The standard InChI is InChI=1S/5C8H8O3S.Ta/c5*1-2-7-3-5-8(6-4-7)12(9,10)11;/h5*2-6H,1H2,(H,9,10,11);/q;;;;;+5/p-5. The van der Waals surface area contributed by atoms with E-state index in [4.69, 9.17) is 0 Å². The van der Waals surface area contributed by atoms with Crippen molar-refractivity contribution in [1.29, 1.82) is 0 Å². The van der Waals surface area contributed by atoms with Crippen LogP contribution < -0.4 is 0 Å². The van der Waals surface area contributed by atoms with Crippen molar-refractivity contribution in [3.8, 4) is 0 Å². The molecule has 0 bridgehead atoms. The van der Waals surface area contributed by atoms with Crippen LogP contribution in [0.15, 0.2) is 179 Å². The first-order chi connectivity index (χ1) is 27.7. The summed E-state index contributed by atoms with van der Waals surface area (Å²) in [5.74, 6) is 0. The van der Waals surface area contributed by atoms with E-state index in [1.54, 1.807) is 30.4 Å². The number of hydrogen-bond acceptors (Lipinski definition) is 15. The molecule has 0 aliphatic heterocycles. The second kappa shape index (κ2) is 25.1. The Morgan fingerprint density at radius 2 is 0.361 bits per heavy atom. The molecule has 5 aromatic rings. The summed E-state index contributed by atoms with van der Waals surface area (Å²) in [6, 6.07) is 27.9. The number of benzene rings is 5. The van der Waals surface area contributed by atoms with Gasteiger partial charge in [-0.05, 0) is 88.5 Å². The van der Waals surface area contributed by atoms with Crippen LogP contribution in [0.25, 0.3) is 30.4 Å². The second-order valence-electron chi connectivity index (χ2n) is 11.1. The predicted octanol–water partition coefficient (Wildman–Crippen LogP) is 6.17. The van der Waals surface area contributed by atoms with Crippen molar-refractivity contribution in [3.05, 3.63) is 182 Å². The average Bonchev–Trinajstić information content (AvgIpc) is 3.20. The fraction of sp³-hybridized carbons (Fsp3) is 0. The van der Waals surface area contributed by atoms with Crippen LogP contribution in [0.3, 0.4) is 0 Å². The zero-order chi connectivity index (χ0) is 46.0. The Morgan fingerprint density at radius 3 is 0.426 bits per heavy atom. The molecule has 0 spiro atoms. The zero-order valence-electron chi connectivity index (χ0n) is 31.6. The Bertz CT molecular complexity index is 2350.